The van der Waals surface area contributed by atoms with Crippen molar-refractivity contribution in [1.82, 2.24) is 4.98 Å². The van der Waals surface area contributed by atoms with Crippen LogP contribution >= 0.6 is 0 Å². The highest BCUT2D eigenvalue weighted by atomic mass is 15.2. The molecule has 19 heavy (non-hydrogen) atoms. The smallest absolute Gasteiger partial charge is 0.128 e. The number of hydrogen-bond donors (Lipinski definition) is 1. The van der Waals surface area contributed by atoms with E-state index in [1.807, 2.05) is 6.20 Å². The number of anilines is 1. The Morgan fingerprint density at radius 2 is 2.16 bits per heavy atom. The fraction of sp³-hybridized carbons (Fsp3) is 0.688. The molecule has 1 aromatic heterocycles. The predicted octanol–water partition coefficient (Wildman–Crippen LogP) is 2.99. The van der Waals surface area contributed by atoms with Crippen molar-refractivity contribution >= 4 is 5.82 Å². The average molecular weight is 261 g/mol. The first-order valence-electron chi connectivity index (χ1n) is 7.68. The molecule has 1 unspecified atom stereocenters. The van der Waals surface area contributed by atoms with Crippen molar-refractivity contribution in [2.45, 2.75) is 52.0 Å². The molecule has 3 nitrogen and oxygen atoms in total. The van der Waals surface area contributed by atoms with E-state index in [2.05, 4.69) is 35.9 Å². The molecule has 106 valence electrons. The van der Waals surface area contributed by atoms with Gasteiger partial charge in [-0.15, -0.1) is 0 Å². The lowest BCUT2D eigenvalue weighted by atomic mass is 10.1. The van der Waals surface area contributed by atoms with Gasteiger partial charge in [-0.05, 0) is 49.7 Å². The average Bonchev–Trinajstić information content (AvgIpc) is 3.23. The molecule has 1 heterocycles. The SMILES string of the molecule is CCCN(CC1CC1)c1ccc(CC(N)CC)cn1. The Kier molecular flexibility index (Phi) is 5.20. The van der Waals surface area contributed by atoms with Gasteiger partial charge in [0, 0.05) is 25.3 Å². The lowest BCUT2D eigenvalue weighted by molar-refractivity contribution is 0.644. The maximum atomic E-state index is 5.99. The van der Waals surface area contributed by atoms with Gasteiger partial charge in [-0.2, -0.15) is 0 Å². The van der Waals surface area contributed by atoms with E-state index in [0.29, 0.717) is 0 Å². The number of aromatic nitrogens is 1. The van der Waals surface area contributed by atoms with Gasteiger partial charge in [-0.1, -0.05) is 19.9 Å². The van der Waals surface area contributed by atoms with Crippen LogP contribution in [-0.4, -0.2) is 24.1 Å². The fourth-order valence-electron chi connectivity index (χ4n) is 2.35. The second-order valence-electron chi connectivity index (χ2n) is 5.79. The quantitative estimate of drug-likeness (QED) is 0.782. The number of rotatable bonds is 8. The largest absolute Gasteiger partial charge is 0.356 e. The molecule has 0 bridgehead atoms. The Bertz CT molecular complexity index is 370. The molecule has 0 aliphatic heterocycles. The highest BCUT2D eigenvalue weighted by molar-refractivity contribution is 5.39. The molecule has 0 radical (unpaired) electrons. The van der Waals surface area contributed by atoms with Gasteiger partial charge in [-0.25, -0.2) is 4.98 Å². The van der Waals surface area contributed by atoms with Crippen molar-refractivity contribution in [2.75, 3.05) is 18.0 Å². The van der Waals surface area contributed by atoms with E-state index >= 15 is 0 Å². The molecule has 1 aliphatic carbocycles. The summed E-state index contributed by atoms with van der Waals surface area (Å²) in [5, 5.41) is 0. The first kappa shape index (κ1) is 14.3. The van der Waals surface area contributed by atoms with Crippen molar-refractivity contribution in [3.8, 4) is 0 Å². The molecule has 1 saturated carbocycles. The molecule has 0 aromatic carbocycles. The van der Waals surface area contributed by atoms with Crippen molar-refractivity contribution in [1.29, 1.82) is 0 Å². The highest BCUT2D eigenvalue weighted by Crippen LogP contribution is 2.31. The Balaban J connectivity index is 1.97. The van der Waals surface area contributed by atoms with Crippen LogP contribution in [-0.2, 0) is 6.42 Å². The zero-order valence-electron chi connectivity index (χ0n) is 12.3. The molecular formula is C16H27N3. The van der Waals surface area contributed by atoms with Crippen LogP contribution in [0.15, 0.2) is 18.3 Å². The van der Waals surface area contributed by atoms with Gasteiger partial charge in [0.2, 0.25) is 0 Å². The van der Waals surface area contributed by atoms with Crippen LogP contribution in [0.1, 0.15) is 45.1 Å². The minimum atomic E-state index is 0.255. The second kappa shape index (κ2) is 6.90. The minimum absolute atomic E-state index is 0.255. The summed E-state index contributed by atoms with van der Waals surface area (Å²) >= 11 is 0. The van der Waals surface area contributed by atoms with Crippen LogP contribution in [0.3, 0.4) is 0 Å². The van der Waals surface area contributed by atoms with Gasteiger partial charge >= 0.3 is 0 Å². The standard InChI is InChI=1S/C16H27N3/c1-3-9-19(12-13-5-6-13)16-8-7-14(11-18-16)10-15(17)4-2/h7-8,11,13,15H,3-6,9-10,12,17H2,1-2H3. The summed E-state index contributed by atoms with van der Waals surface area (Å²) in [7, 11) is 0. The van der Waals surface area contributed by atoms with E-state index in [-0.39, 0.29) is 6.04 Å². The maximum Gasteiger partial charge on any atom is 0.128 e. The lowest BCUT2D eigenvalue weighted by Crippen LogP contribution is -2.27. The molecular weight excluding hydrogens is 234 g/mol. The topological polar surface area (TPSA) is 42.1 Å². The highest BCUT2D eigenvalue weighted by Gasteiger charge is 2.24. The lowest BCUT2D eigenvalue weighted by Gasteiger charge is -2.23. The molecule has 1 atom stereocenters. The number of nitrogens with two attached hydrogens (primary N) is 1. The third-order valence-electron chi connectivity index (χ3n) is 3.82. The van der Waals surface area contributed by atoms with Crippen LogP contribution in [0.5, 0.6) is 0 Å². The number of pyridine rings is 1. The summed E-state index contributed by atoms with van der Waals surface area (Å²) in [5.74, 6) is 2.03. The van der Waals surface area contributed by atoms with Crippen molar-refractivity contribution in [3.05, 3.63) is 23.9 Å². The van der Waals surface area contributed by atoms with Crippen LogP contribution in [0.25, 0.3) is 0 Å². The Morgan fingerprint density at radius 1 is 1.37 bits per heavy atom. The summed E-state index contributed by atoms with van der Waals surface area (Å²) < 4.78 is 0. The van der Waals surface area contributed by atoms with Gasteiger partial charge < -0.3 is 10.6 Å². The van der Waals surface area contributed by atoms with E-state index in [1.165, 1.54) is 31.4 Å². The third-order valence-corrected chi connectivity index (χ3v) is 3.82. The second-order valence-corrected chi connectivity index (χ2v) is 5.79. The van der Waals surface area contributed by atoms with Gasteiger partial charge in [0.15, 0.2) is 0 Å². The molecule has 1 fully saturated rings. The van der Waals surface area contributed by atoms with E-state index in [1.54, 1.807) is 0 Å². The predicted molar refractivity (Wildman–Crippen MR) is 81.4 cm³/mol. The van der Waals surface area contributed by atoms with Gasteiger partial charge in [-0.3, -0.25) is 0 Å². The Morgan fingerprint density at radius 3 is 2.68 bits per heavy atom. The number of nitrogens with zero attached hydrogens (tertiary/aromatic N) is 2. The summed E-state index contributed by atoms with van der Waals surface area (Å²) in [6, 6.07) is 4.61. The van der Waals surface area contributed by atoms with Crippen molar-refractivity contribution in [3.63, 3.8) is 0 Å². The van der Waals surface area contributed by atoms with Crippen molar-refractivity contribution < 1.29 is 0 Å². The van der Waals surface area contributed by atoms with Crippen molar-refractivity contribution in [2.24, 2.45) is 11.7 Å². The molecule has 2 N–H and O–H groups in total. The van der Waals surface area contributed by atoms with Crippen LogP contribution in [0, 0.1) is 5.92 Å². The molecule has 0 saturated heterocycles. The molecule has 1 aliphatic rings. The molecule has 3 heteroatoms. The minimum Gasteiger partial charge on any atom is -0.356 e. The van der Waals surface area contributed by atoms with Crippen LogP contribution in [0.4, 0.5) is 5.82 Å². The van der Waals surface area contributed by atoms with Gasteiger partial charge in [0.25, 0.3) is 0 Å². The van der Waals surface area contributed by atoms with Gasteiger partial charge in [0.05, 0.1) is 0 Å². The molecule has 0 amide bonds. The molecule has 2 rings (SSSR count). The number of hydrogen-bond acceptors (Lipinski definition) is 3. The summed E-state index contributed by atoms with van der Waals surface area (Å²) in [4.78, 5) is 7.07. The van der Waals surface area contributed by atoms with Crippen LogP contribution < -0.4 is 10.6 Å². The Hall–Kier alpha value is -1.09. The van der Waals surface area contributed by atoms with E-state index in [4.69, 9.17) is 5.73 Å². The normalized spacial score (nSPS) is 16.4. The monoisotopic (exact) mass is 261 g/mol. The van der Waals surface area contributed by atoms with E-state index < -0.39 is 0 Å². The van der Waals surface area contributed by atoms with Gasteiger partial charge in [0.1, 0.15) is 5.82 Å². The zero-order chi connectivity index (χ0) is 13.7. The summed E-state index contributed by atoms with van der Waals surface area (Å²) in [6.07, 6.45) is 7.91. The summed E-state index contributed by atoms with van der Waals surface area (Å²) in [6.45, 7) is 6.64. The van der Waals surface area contributed by atoms with E-state index in [9.17, 15) is 0 Å². The maximum absolute atomic E-state index is 5.99. The summed E-state index contributed by atoms with van der Waals surface area (Å²) in [5.41, 5.74) is 7.24. The molecule has 1 aromatic rings. The first-order valence-corrected chi connectivity index (χ1v) is 7.68. The fourth-order valence-corrected chi connectivity index (χ4v) is 2.35. The third kappa shape index (κ3) is 4.50. The first-order chi connectivity index (χ1) is 9.22. The molecule has 0 spiro atoms. The van der Waals surface area contributed by atoms with Crippen LogP contribution in [0.2, 0.25) is 0 Å². The Labute approximate surface area is 117 Å². The van der Waals surface area contributed by atoms with E-state index in [0.717, 1.165) is 31.1 Å². The zero-order valence-corrected chi connectivity index (χ0v) is 12.3.